The van der Waals surface area contributed by atoms with Crippen molar-refractivity contribution < 1.29 is 0 Å². The highest BCUT2D eigenvalue weighted by atomic mass is 35.5. The van der Waals surface area contributed by atoms with Crippen molar-refractivity contribution in [1.82, 2.24) is 10.3 Å². The van der Waals surface area contributed by atoms with E-state index in [1.54, 1.807) is 6.20 Å². The van der Waals surface area contributed by atoms with E-state index >= 15 is 0 Å². The number of nitrogens with one attached hydrogen (secondary N) is 1. The van der Waals surface area contributed by atoms with E-state index in [1.165, 1.54) is 0 Å². The molecule has 0 radical (unpaired) electrons. The van der Waals surface area contributed by atoms with Crippen LogP contribution in [0.25, 0.3) is 0 Å². The first-order valence-electron chi connectivity index (χ1n) is 4.83. The standard InChI is InChI=1S/C10H14ClN3/c1-14(8-4-6-12-7-8)10-9(11)3-2-5-13-10/h2-3,5,8,12H,4,6-7H2,1H3. The second-order valence-electron chi connectivity index (χ2n) is 3.57. The smallest absolute Gasteiger partial charge is 0.147 e. The number of halogens is 1. The van der Waals surface area contributed by atoms with Crippen LogP contribution in [-0.2, 0) is 0 Å². The second kappa shape index (κ2) is 4.15. The number of rotatable bonds is 2. The zero-order valence-electron chi connectivity index (χ0n) is 8.20. The highest BCUT2D eigenvalue weighted by Gasteiger charge is 2.21. The van der Waals surface area contributed by atoms with E-state index in [0.29, 0.717) is 6.04 Å². The summed E-state index contributed by atoms with van der Waals surface area (Å²) in [5.41, 5.74) is 0. The molecule has 2 rings (SSSR count). The predicted molar refractivity (Wildman–Crippen MR) is 58.9 cm³/mol. The molecule has 0 aromatic carbocycles. The van der Waals surface area contributed by atoms with Crippen LogP contribution in [0.15, 0.2) is 18.3 Å². The van der Waals surface area contributed by atoms with E-state index in [2.05, 4.69) is 15.2 Å². The summed E-state index contributed by atoms with van der Waals surface area (Å²) in [6, 6.07) is 4.25. The lowest BCUT2D eigenvalue weighted by atomic mass is 10.2. The van der Waals surface area contributed by atoms with E-state index in [1.807, 2.05) is 19.2 Å². The van der Waals surface area contributed by atoms with Crippen LogP contribution < -0.4 is 10.2 Å². The number of likely N-dealkylation sites (N-methyl/N-ethyl adjacent to an activating group) is 1. The zero-order valence-corrected chi connectivity index (χ0v) is 8.96. The van der Waals surface area contributed by atoms with Crippen LogP contribution >= 0.6 is 11.6 Å². The molecule has 0 aliphatic carbocycles. The second-order valence-corrected chi connectivity index (χ2v) is 3.97. The molecule has 0 bridgehead atoms. The molecule has 1 fully saturated rings. The number of anilines is 1. The van der Waals surface area contributed by atoms with Gasteiger partial charge in [0.05, 0.1) is 5.02 Å². The monoisotopic (exact) mass is 211 g/mol. The van der Waals surface area contributed by atoms with Crippen molar-refractivity contribution in [2.75, 3.05) is 25.0 Å². The summed E-state index contributed by atoms with van der Waals surface area (Å²) in [5.74, 6) is 0.878. The lowest BCUT2D eigenvalue weighted by molar-refractivity contribution is 0.678. The molecule has 14 heavy (non-hydrogen) atoms. The summed E-state index contributed by atoms with van der Waals surface area (Å²) in [6.07, 6.45) is 2.93. The molecule has 1 unspecified atom stereocenters. The molecule has 1 aliphatic heterocycles. The Hall–Kier alpha value is -0.800. The van der Waals surface area contributed by atoms with Crippen molar-refractivity contribution in [3.05, 3.63) is 23.4 Å². The van der Waals surface area contributed by atoms with Crippen LogP contribution in [-0.4, -0.2) is 31.2 Å². The van der Waals surface area contributed by atoms with Crippen molar-refractivity contribution in [2.24, 2.45) is 0 Å². The molecule has 76 valence electrons. The molecule has 1 N–H and O–H groups in total. The minimum atomic E-state index is 0.516. The SMILES string of the molecule is CN(c1ncccc1Cl)C1CCNC1. The summed E-state index contributed by atoms with van der Waals surface area (Å²) in [7, 11) is 2.05. The Kier molecular flexibility index (Phi) is 2.89. The number of pyridine rings is 1. The normalized spacial score (nSPS) is 21.1. The first-order chi connectivity index (χ1) is 6.79. The third kappa shape index (κ3) is 1.83. The van der Waals surface area contributed by atoms with E-state index in [9.17, 15) is 0 Å². The first-order valence-corrected chi connectivity index (χ1v) is 5.21. The highest BCUT2D eigenvalue weighted by molar-refractivity contribution is 6.32. The summed E-state index contributed by atoms with van der Waals surface area (Å²) < 4.78 is 0. The average Bonchev–Trinajstić information content (AvgIpc) is 2.70. The van der Waals surface area contributed by atoms with Crippen LogP contribution in [0.4, 0.5) is 5.82 Å². The van der Waals surface area contributed by atoms with Crippen LogP contribution in [0.2, 0.25) is 5.02 Å². The molecule has 1 aromatic heterocycles. The summed E-state index contributed by atoms with van der Waals surface area (Å²) in [6.45, 7) is 2.10. The van der Waals surface area contributed by atoms with Crippen molar-refractivity contribution in [2.45, 2.75) is 12.5 Å². The minimum absolute atomic E-state index is 0.516. The summed E-state index contributed by atoms with van der Waals surface area (Å²) in [4.78, 5) is 6.44. The van der Waals surface area contributed by atoms with Gasteiger partial charge in [-0.05, 0) is 25.1 Å². The van der Waals surface area contributed by atoms with Gasteiger partial charge in [-0.1, -0.05) is 11.6 Å². The number of hydrogen-bond acceptors (Lipinski definition) is 3. The van der Waals surface area contributed by atoms with E-state index < -0.39 is 0 Å². The van der Waals surface area contributed by atoms with Crippen molar-refractivity contribution in [3.63, 3.8) is 0 Å². The van der Waals surface area contributed by atoms with Crippen LogP contribution in [0.1, 0.15) is 6.42 Å². The number of nitrogens with zero attached hydrogens (tertiary/aromatic N) is 2. The summed E-state index contributed by atoms with van der Waals surface area (Å²) >= 11 is 6.07. The minimum Gasteiger partial charge on any atom is -0.354 e. The van der Waals surface area contributed by atoms with E-state index in [4.69, 9.17) is 11.6 Å². The fourth-order valence-electron chi connectivity index (χ4n) is 1.78. The van der Waals surface area contributed by atoms with Crippen LogP contribution in [0, 0.1) is 0 Å². The molecule has 1 aromatic rings. The molecule has 1 atom stereocenters. The maximum Gasteiger partial charge on any atom is 0.147 e. The molecule has 0 amide bonds. The van der Waals surface area contributed by atoms with Gasteiger partial charge in [-0.2, -0.15) is 0 Å². The quantitative estimate of drug-likeness (QED) is 0.805. The van der Waals surface area contributed by atoms with Gasteiger partial charge < -0.3 is 10.2 Å². The Morgan fingerprint density at radius 1 is 1.64 bits per heavy atom. The van der Waals surface area contributed by atoms with Crippen LogP contribution in [0.3, 0.4) is 0 Å². The Labute approximate surface area is 89.1 Å². The Morgan fingerprint density at radius 2 is 2.50 bits per heavy atom. The van der Waals surface area contributed by atoms with Gasteiger partial charge >= 0.3 is 0 Å². The maximum absolute atomic E-state index is 6.07. The van der Waals surface area contributed by atoms with Crippen molar-refractivity contribution in [1.29, 1.82) is 0 Å². The molecular formula is C10H14ClN3. The van der Waals surface area contributed by atoms with Gasteiger partial charge in [0, 0.05) is 25.8 Å². The third-order valence-electron chi connectivity index (χ3n) is 2.66. The summed E-state index contributed by atoms with van der Waals surface area (Å²) in [5, 5.41) is 4.05. The first kappa shape index (κ1) is 9.74. The van der Waals surface area contributed by atoms with Gasteiger partial charge in [-0.3, -0.25) is 0 Å². The van der Waals surface area contributed by atoms with Crippen molar-refractivity contribution >= 4 is 17.4 Å². The largest absolute Gasteiger partial charge is 0.354 e. The molecule has 1 saturated heterocycles. The van der Waals surface area contributed by atoms with Gasteiger partial charge in [0.1, 0.15) is 5.82 Å². The fourth-order valence-corrected chi connectivity index (χ4v) is 2.03. The number of hydrogen-bond donors (Lipinski definition) is 1. The Balaban J connectivity index is 2.17. The average molecular weight is 212 g/mol. The van der Waals surface area contributed by atoms with Gasteiger partial charge in [-0.15, -0.1) is 0 Å². The van der Waals surface area contributed by atoms with E-state index in [0.717, 1.165) is 30.4 Å². The lowest BCUT2D eigenvalue weighted by Gasteiger charge is -2.25. The van der Waals surface area contributed by atoms with Crippen LogP contribution in [0.5, 0.6) is 0 Å². The molecule has 4 heteroatoms. The van der Waals surface area contributed by atoms with Gasteiger partial charge in [0.25, 0.3) is 0 Å². The molecule has 3 nitrogen and oxygen atoms in total. The van der Waals surface area contributed by atoms with E-state index in [-0.39, 0.29) is 0 Å². The fraction of sp³-hybridized carbons (Fsp3) is 0.500. The molecule has 0 saturated carbocycles. The molecule has 0 spiro atoms. The molecule has 1 aliphatic rings. The predicted octanol–water partition coefficient (Wildman–Crippen LogP) is 1.53. The third-order valence-corrected chi connectivity index (χ3v) is 2.95. The van der Waals surface area contributed by atoms with Gasteiger partial charge in [0.15, 0.2) is 0 Å². The Bertz CT molecular complexity index is 310. The highest BCUT2D eigenvalue weighted by Crippen LogP contribution is 2.24. The van der Waals surface area contributed by atoms with Gasteiger partial charge in [-0.25, -0.2) is 4.98 Å². The number of aromatic nitrogens is 1. The molecular weight excluding hydrogens is 198 g/mol. The van der Waals surface area contributed by atoms with Crippen molar-refractivity contribution in [3.8, 4) is 0 Å². The molecule has 2 heterocycles. The maximum atomic E-state index is 6.07. The lowest BCUT2D eigenvalue weighted by Crippen LogP contribution is -2.34. The van der Waals surface area contributed by atoms with Gasteiger partial charge in [0.2, 0.25) is 0 Å². The Morgan fingerprint density at radius 3 is 3.14 bits per heavy atom. The zero-order chi connectivity index (χ0) is 9.97. The topological polar surface area (TPSA) is 28.2 Å².